The van der Waals surface area contributed by atoms with Gasteiger partial charge in [0.15, 0.2) is 29.5 Å². The number of hydrogen-bond donors (Lipinski definition) is 6. The molecule has 0 radical (unpaired) electrons. The van der Waals surface area contributed by atoms with Gasteiger partial charge >= 0.3 is 27.4 Å². The van der Waals surface area contributed by atoms with Gasteiger partial charge in [-0.25, -0.2) is 28.6 Å². The number of carbonyl (C=O) groups excluding carboxylic acids is 1. The zero-order valence-electron chi connectivity index (χ0n) is 26.7. The molecule has 5 heterocycles. The fourth-order valence-electron chi connectivity index (χ4n) is 6.07. The lowest BCUT2D eigenvalue weighted by atomic mass is 9.94. The molecular formula is C29H37N7O12P2. The van der Waals surface area contributed by atoms with Crippen LogP contribution in [0.4, 0.5) is 10.6 Å². The number of carboxylic acids is 1. The molecule has 0 saturated carbocycles. The normalized spacial score (nSPS) is 29.0. The molecule has 6 rings (SSSR count). The van der Waals surface area contributed by atoms with E-state index in [0.717, 1.165) is 5.56 Å². The highest BCUT2D eigenvalue weighted by molar-refractivity contribution is 7.64. The number of hydrogen-bond acceptors (Lipinski definition) is 13. The van der Waals surface area contributed by atoms with E-state index in [9.17, 15) is 33.6 Å². The van der Waals surface area contributed by atoms with Gasteiger partial charge in [0.25, 0.3) is 0 Å². The van der Waals surface area contributed by atoms with E-state index in [-0.39, 0.29) is 23.4 Å². The molecule has 3 fully saturated rings. The topological polar surface area (TPSA) is 255 Å². The van der Waals surface area contributed by atoms with Crippen molar-refractivity contribution in [2.24, 2.45) is 5.92 Å². The van der Waals surface area contributed by atoms with Gasteiger partial charge in [0.05, 0.1) is 19.1 Å². The maximum Gasteiger partial charge on any atom is 0.479 e. The number of rotatable bonds is 13. The average Bonchev–Trinajstić information content (AvgIpc) is 3.77. The van der Waals surface area contributed by atoms with Crippen LogP contribution in [-0.2, 0) is 37.0 Å². The lowest BCUT2D eigenvalue weighted by Crippen LogP contribution is -2.44. The predicted octanol–water partition coefficient (Wildman–Crippen LogP) is 2.46. The second-order valence-electron chi connectivity index (χ2n) is 11.8. The summed E-state index contributed by atoms with van der Waals surface area (Å²) in [5.41, 5.74) is 1.43. The van der Waals surface area contributed by atoms with Crippen molar-refractivity contribution in [2.45, 2.75) is 56.6 Å². The number of anilines is 1. The van der Waals surface area contributed by atoms with Crippen molar-refractivity contribution in [2.75, 3.05) is 31.2 Å². The highest BCUT2D eigenvalue weighted by Crippen LogP contribution is 2.61. The third-order valence-corrected chi connectivity index (χ3v) is 11.5. The Morgan fingerprint density at radius 2 is 1.90 bits per heavy atom. The summed E-state index contributed by atoms with van der Waals surface area (Å²) in [4.78, 5) is 57.3. The van der Waals surface area contributed by atoms with Crippen LogP contribution in [0.3, 0.4) is 0 Å². The minimum absolute atomic E-state index is 0.0504. The fourth-order valence-corrected chi connectivity index (χ4v) is 9.13. The fraction of sp³-hybridized carbons (Fsp3) is 0.483. The van der Waals surface area contributed by atoms with Gasteiger partial charge < -0.3 is 39.7 Å². The maximum atomic E-state index is 12.9. The Balaban J connectivity index is 1.18. The number of piperidine rings is 1. The van der Waals surface area contributed by atoms with Crippen molar-refractivity contribution in [3.8, 4) is 0 Å². The Morgan fingerprint density at radius 1 is 1.12 bits per heavy atom. The van der Waals surface area contributed by atoms with E-state index in [1.165, 1.54) is 12.7 Å². The van der Waals surface area contributed by atoms with Gasteiger partial charge in [0, 0.05) is 6.54 Å². The molecular weight excluding hydrogens is 700 g/mol. The SMILES string of the molecule is CCNC(=O)Nc1ncnc2c1ncn2[C@@H]1O[C@H](COP(=O)(O)OP(=O)(O)CC2CCNC(C(=O)O)C2)C2O[C@H](/C=C/c3ccccc3)O[C@@H]21. The number of urea groups is 1. The van der Waals surface area contributed by atoms with Crippen molar-refractivity contribution in [1.29, 1.82) is 0 Å². The number of amides is 2. The van der Waals surface area contributed by atoms with Gasteiger partial charge in [-0.3, -0.25) is 23.8 Å². The van der Waals surface area contributed by atoms with Gasteiger partial charge in [0.2, 0.25) is 0 Å². The molecule has 21 heteroatoms. The van der Waals surface area contributed by atoms with Crippen molar-refractivity contribution in [3.63, 3.8) is 0 Å². The van der Waals surface area contributed by atoms with Crippen LogP contribution in [0, 0.1) is 5.92 Å². The first-order valence-corrected chi connectivity index (χ1v) is 19.1. The summed E-state index contributed by atoms with van der Waals surface area (Å²) in [6, 6.07) is 8.04. The minimum Gasteiger partial charge on any atom is -0.480 e. The number of imidazole rings is 1. The summed E-state index contributed by atoms with van der Waals surface area (Å²) in [6.45, 7) is 1.85. The number of carbonyl (C=O) groups is 2. The molecule has 3 aromatic rings. The van der Waals surface area contributed by atoms with Crippen LogP contribution < -0.4 is 16.0 Å². The number of ether oxygens (including phenoxy) is 3. The van der Waals surface area contributed by atoms with Crippen LogP contribution in [0.1, 0.15) is 31.6 Å². The molecule has 2 amide bonds. The summed E-state index contributed by atoms with van der Waals surface area (Å²) < 4.78 is 55.8. The Kier molecular flexibility index (Phi) is 11.1. The Morgan fingerprint density at radius 3 is 2.66 bits per heavy atom. The Bertz CT molecular complexity index is 1810. The molecule has 6 N–H and O–H groups in total. The van der Waals surface area contributed by atoms with Gasteiger partial charge in [0.1, 0.15) is 30.7 Å². The van der Waals surface area contributed by atoms with Crippen molar-refractivity contribution < 1.29 is 56.7 Å². The molecule has 2 aromatic heterocycles. The van der Waals surface area contributed by atoms with E-state index in [2.05, 4.69) is 30.9 Å². The zero-order valence-corrected chi connectivity index (χ0v) is 28.5. The first kappa shape index (κ1) is 36.2. The lowest BCUT2D eigenvalue weighted by Gasteiger charge is -2.29. The van der Waals surface area contributed by atoms with E-state index in [4.69, 9.17) is 23.0 Å². The van der Waals surface area contributed by atoms with E-state index >= 15 is 0 Å². The van der Waals surface area contributed by atoms with Gasteiger partial charge in [-0.2, -0.15) is 0 Å². The first-order valence-electron chi connectivity index (χ1n) is 15.8. The molecule has 19 nitrogen and oxygen atoms in total. The molecule has 0 aliphatic carbocycles. The molecule has 9 atom stereocenters. The quantitative estimate of drug-likeness (QED) is 0.138. The van der Waals surface area contributed by atoms with Crippen LogP contribution >= 0.6 is 15.4 Å². The van der Waals surface area contributed by atoms with E-state index in [1.807, 2.05) is 36.4 Å². The molecule has 0 bridgehead atoms. The van der Waals surface area contributed by atoms with Crippen LogP contribution in [0.5, 0.6) is 0 Å². The molecule has 1 aromatic carbocycles. The summed E-state index contributed by atoms with van der Waals surface area (Å²) in [6.07, 6.45) is 1.54. The van der Waals surface area contributed by atoms with Crippen LogP contribution in [-0.4, -0.2) is 103 Å². The molecule has 0 spiro atoms. The second-order valence-corrected chi connectivity index (χ2v) is 15.3. The van der Waals surface area contributed by atoms with E-state index in [1.54, 1.807) is 17.6 Å². The number of fused-ring (bicyclic) bond motifs is 2. The molecule has 3 aliphatic rings. The van der Waals surface area contributed by atoms with Gasteiger partial charge in [-0.05, 0) is 43.9 Å². The Hall–Kier alpha value is -3.61. The molecule has 3 aliphatic heterocycles. The number of phosphoric ester groups is 1. The number of aromatic nitrogens is 4. The zero-order chi connectivity index (χ0) is 35.5. The third kappa shape index (κ3) is 8.63. The predicted molar refractivity (Wildman–Crippen MR) is 175 cm³/mol. The lowest BCUT2D eigenvalue weighted by molar-refractivity contribution is -0.140. The molecule has 3 saturated heterocycles. The number of carboxylic acid groups (broad SMARTS) is 1. The molecule has 5 unspecified atom stereocenters. The highest BCUT2D eigenvalue weighted by Gasteiger charge is 2.54. The number of benzene rings is 1. The van der Waals surface area contributed by atoms with Crippen molar-refractivity contribution in [1.82, 2.24) is 30.2 Å². The standard InChI is InChI=1S/C29H37N7O12P2/c1-2-30-29(39)35-25-22-26(33-15-32-25)36(16-34-22)27-24-23(46-21(47-24)9-8-17-6-4-3-5-7-17)20(45-27)13-44-50(42,43)48-49(40,41)14-18-10-11-31-19(12-18)28(37)38/h3-9,15-16,18-21,23-24,27,31H,2,10-14H2,1H3,(H,37,38)(H,40,41)(H,42,43)(H2,30,32,33,35,39)/b9-8+/t18?,19?,20-,21+,23?,24+,27-/m1/s1. The number of phosphoric acid groups is 1. The summed E-state index contributed by atoms with van der Waals surface area (Å²) in [5.74, 6) is -1.49. The van der Waals surface area contributed by atoms with E-state index < -0.39 is 83.0 Å². The summed E-state index contributed by atoms with van der Waals surface area (Å²) in [5, 5.41) is 17.3. The summed E-state index contributed by atoms with van der Waals surface area (Å²) >= 11 is 0. The maximum absolute atomic E-state index is 12.9. The van der Waals surface area contributed by atoms with Crippen LogP contribution in [0.2, 0.25) is 0 Å². The van der Waals surface area contributed by atoms with Gasteiger partial charge in [-0.15, -0.1) is 0 Å². The average molecular weight is 738 g/mol. The van der Waals surface area contributed by atoms with Gasteiger partial charge in [-0.1, -0.05) is 36.4 Å². The number of nitrogens with zero attached hydrogens (tertiary/aromatic N) is 4. The smallest absolute Gasteiger partial charge is 0.479 e. The summed E-state index contributed by atoms with van der Waals surface area (Å²) in [7, 11) is -9.83. The molecule has 270 valence electrons. The van der Waals surface area contributed by atoms with Crippen LogP contribution in [0.25, 0.3) is 17.2 Å². The van der Waals surface area contributed by atoms with Crippen molar-refractivity contribution >= 4 is 50.5 Å². The second kappa shape index (κ2) is 15.3. The third-order valence-electron chi connectivity index (χ3n) is 8.25. The van der Waals surface area contributed by atoms with Crippen LogP contribution in [0.15, 0.2) is 49.1 Å². The monoisotopic (exact) mass is 737 g/mol. The van der Waals surface area contributed by atoms with Crippen molar-refractivity contribution in [3.05, 3.63) is 54.6 Å². The Labute approximate surface area is 285 Å². The molecule has 50 heavy (non-hydrogen) atoms. The minimum atomic E-state index is -5.14. The largest absolute Gasteiger partial charge is 0.480 e. The highest BCUT2D eigenvalue weighted by atomic mass is 31.3. The number of aliphatic carboxylic acids is 1. The first-order chi connectivity index (χ1) is 23.9. The van der Waals surface area contributed by atoms with E-state index in [0.29, 0.717) is 19.5 Å². The number of nitrogens with one attached hydrogen (secondary N) is 3.